The Morgan fingerprint density at radius 1 is 0.676 bits per heavy atom. The Hall–Kier alpha value is -3.03. The van der Waals surface area contributed by atoms with Gasteiger partial charge in [0, 0.05) is 0 Å². The number of rotatable bonds is 10. The van der Waals surface area contributed by atoms with E-state index < -0.39 is 24.4 Å². The van der Waals surface area contributed by atoms with Crippen LogP contribution < -0.4 is 5.32 Å². The van der Waals surface area contributed by atoms with Crippen molar-refractivity contribution in [2.75, 3.05) is 6.61 Å². The van der Waals surface area contributed by atoms with Gasteiger partial charge >= 0.3 is 0 Å². The van der Waals surface area contributed by atoms with Crippen LogP contribution in [0.25, 0.3) is 0 Å². The van der Waals surface area contributed by atoms with E-state index in [1.807, 2.05) is 91.0 Å². The van der Waals surface area contributed by atoms with Crippen LogP contribution >= 0.6 is 0 Å². The van der Waals surface area contributed by atoms with E-state index >= 15 is 0 Å². The van der Waals surface area contributed by atoms with E-state index in [-0.39, 0.29) is 12.0 Å². The smallest absolute Gasteiger partial charge is 0.232 e. The minimum absolute atomic E-state index is 0.0694. The van der Waals surface area contributed by atoms with E-state index in [0.29, 0.717) is 26.4 Å². The molecular weight excluding hydrogens is 430 g/mol. The van der Waals surface area contributed by atoms with Crippen LogP contribution in [0.4, 0.5) is 0 Å². The Bertz CT molecular complexity index is 1050. The summed E-state index contributed by atoms with van der Waals surface area (Å²) in [6.07, 6.45) is -1.67. The SMILES string of the molecule is O=C1N[C@H]2O[C@H](COCc3ccccc3)[C@H](OCc3ccccc3)[C@H](OCc3ccccc3)[C@@H]12. The molecule has 0 bridgehead atoms. The van der Waals surface area contributed by atoms with Crippen LogP contribution in [0.5, 0.6) is 0 Å². The topological polar surface area (TPSA) is 66.0 Å². The molecule has 0 aromatic heterocycles. The minimum Gasteiger partial charge on any atom is -0.374 e. The molecule has 5 rings (SSSR count). The number of fused-ring (bicyclic) bond motifs is 1. The van der Waals surface area contributed by atoms with Crippen LogP contribution in [0.1, 0.15) is 16.7 Å². The summed E-state index contributed by atoms with van der Waals surface area (Å²) in [5.41, 5.74) is 3.18. The van der Waals surface area contributed by atoms with Crippen LogP contribution in [-0.2, 0) is 43.6 Å². The summed E-state index contributed by atoms with van der Waals surface area (Å²) in [6.45, 7) is 1.60. The Balaban J connectivity index is 1.31. The third kappa shape index (κ3) is 5.37. The van der Waals surface area contributed by atoms with Crippen molar-refractivity contribution in [3.63, 3.8) is 0 Å². The summed E-state index contributed by atoms with van der Waals surface area (Å²) in [6, 6.07) is 29.9. The second-order valence-electron chi connectivity index (χ2n) is 8.65. The van der Waals surface area contributed by atoms with Gasteiger partial charge in [-0.3, -0.25) is 4.79 Å². The molecule has 0 unspecified atom stereocenters. The maximum atomic E-state index is 12.5. The molecule has 2 saturated heterocycles. The summed E-state index contributed by atoms with van der Waals surface area (Å²) in [5, 5.41) is 2.85. The highest BCUT2D eigenvalue weighted by atomic mass is 16.6. The van der Waals surface area contributed by atoms with Gasteiger partial charge in [-0.2, -0.15) is 0 Å². The lowest BCUT2D eigenvalue weighted by Crippen LogP contribution is -2.72. The molecule has 0 aliphatic carbocycles. The number of carbonyl (C=O) groups excluding carboxylic acids is 1. The van der Waals surface area contributed by atoms with Crippen molar-refractivity contribution in [1.29, 1.82) is 0 Å². The maximum absolute atomic E-state index is 12.5. The van der Waals surface area contributed by atoms with Crippen molar-refractivity contribution in [3.8, 4) is 0 Å². The molecule has 34 heavy (non-hydrogen) atoms. The zero-order valence-electron chi connectivity index (χ0n) is 18.9. The number of nitrogens with one attached hydrogen (secondary N) is 1. The molecule has 176 valence electrons. The number of hydrogen-bond donors (Lipinski definition) is 1. The second-order valence-corrected chi connectivity index (χ2v) is 8.65. The van der Waals surface area contributed by atoms with Crippen molar-refractivity contribution >= 4 is 5.91 Å². The highest BCUT2D eigenvalue weighted by Gasteiger charge is 2.56. The maximum Gasteiger partial charge on any atom is 0.232 e. The largest absolute Gasteiger partial charge is 0.374 e. The second kappa shape index (κ2) is 10.9. The molecule has 3 aromatic rings. The molecule has 6 nitrogen and oxygen atoms in total. The van der Waals surface area contributed by atoms with Crippen LogP contribution in [0, 0.1) is 5.92 Å². The molecule has 2 aliphatic heterocycles. The van der Waals surface area contributed by atoms with Crippen LogP contribution in [0.2, 0.25) is 0 Å². The van der Waals surface area contributed by atoms with Gasteiger partial charge in [0.05, 0.1) is 26.4 Å². The fourth-order valence-corrected chi connectivity index (χ4v) is 4.42. The zero-order valence-corrected chi connectivity index (χ0v) is 18.9. The van der Waals surface area contributed by atoms with Gasteiger partial charge in [-0.1, -0.05) is 91.0 Å². The van der Waals surface area contributed by atoms with E-state index in [2.05, 4.69) is 5.32 Å². The Morgan fingerprint density at radius 3 is 1.71 bits per heavy atom. The first-order chi connectivity index (χ1) is 16.8. The van der Waals surface area contributed by atoms with Gasteiger partial charge in [-0.05, 0) is 16.7 Å². The molecule has 2 aliphatic rings. The van der Waals surface area contributed by atoms with E-state index in [1.54, 1.807) is 0 Å². The van der Waals surface area contributed by atoms with Crippen molar-refractivity contribution < 1.29 is 23.7 Å². The van der Waals surface area contributed by atoms with Crippen molar-refractivity contribution in [3.05, 3.63) is 108 Å². The molecule has 2 heterocycles. The number of amides is 1. The number of ether oxygens (including phenoxy) is 4. The van der Waals surface area contributed by atoms with E-state index in [9.17, 15) is 4.79 Å². The highest BCUT2D eigenvalue weighted by Crippen LogP contribution is 2.35. The van der Waals surface area contributed by atoms with E-state index in [1.165, 1.54) is 0 Å². The molecule has 0 saturated carbocycles. The highest BCUT2D eigenvalue weighted by molar-refractivity contribution is 5.86. The fraction of sp³-hybridized carbons (Fsp3) is 0.321. The van der Waals surface area contributed by atoms with Crippen LogP contribution in [-0.4, -0.2) is 37.1 Å². The molecule has 1 N–H and O–H groups in total. The summed E-state index contributed by atoms with van der Waals surface area (Å²) in [4.78, 5) is 12.5. The lowest BCUT2D eigenvalue weighted by atomic mass is 9.84. The molecular formula is C28H29NO5. The van der Waals surface area contributed by atoms with E-state index in [0.717, 1.165) is 16.7 Å². The lowest BCUT2D eigenvalue weighted by molar-refractivity contribution is -0.265. The number of carbonyl (C=O) groups is 1. The first-order valence-electron chi connectivity index (χ1n) is 11.7. The quantitative estimate of drug-likeness (QED) is 0.467. The predicted octanol–water partition coefficient (Wildman–Crippen LogP) is 3.84. The molecule has 0 radical (unpaired) electrons. The summed E-state index contributed by atoms with van der Waals surface area (Å²) in [5.74, 6) is -0.477. The summed E-state index contributed by atoms with van der Waals surface area (Å²) >= 11 is 0. The van der Waals surface area contributed by atoms with Crippen LogP contribution in [0.3, 0.4) is 0 Å². The average molecular weight is 460 g/mol. The summed E-state index contributed by atoms with van der Waals surface area (Å²) < 4.78 is 25.0. The Kier molecular flexibility index (Phi) is 7.31. The predicted molar refractivity (Wildman–Crippen MR) is 126 cm³/mol. The van der Waals surface area contributed by atoms with Gasteiger partial charge in [0.1, 0.15) is 30.5 Å². The fourth-order valence-electron chi connectivity index (χ4n) is 4.42. The first kappa shape index (κ1) is 22.7. The molecule has 0 spiro atoms. The van der Waals surface area contributed by atoms with Gasteiger partial charge in [-0.15, -0.1) is 0 Å². The van der Waals surface area contributed by atoms with Crippen molar-refractivity contribution in [2.24, 2.45) is 5.92 Å². The monoisotopic (exact) mass is 459 g/mol. The third-order valence-corrected chi connectivity index (χ3v) is 6.24. The normalized spacial score (nSPS) is 25.8. The summed E-state index contributed by atoms with van der Waals surface area (Å²) in [7, 11) is 0. The minimum atomic E-state index is -0.452. The Morgan fingerprint density at radius 2 is 1.18 bits per heavy atom. The standard InChI is InChI=1S/C28H29NO5/c30-27-24-26(33-18-22-14-8-3-9-15-22)25(32-17-21-12-6-2-7-13-21)23(34-28(24)29-27)19-31-16-20-10-4-1-5-11-20/h1-15,23-26,28H,16-19H2,(H,29,30)/t23-,24+,25+,26-,28+/m1/s1. The molecule has 1 amide bonds. The van der Waals surface area contributed by atoms with Crippen molar-refractivity contribution in [2.45, 2.75) is 44.4 Å². The molecule has 6 heteroatoms. The zero-order chi connectivity index (χ0) is 23.2. The molecule has 5 atom stereocenters. The number of β-lactam (4-membered cyclic amide) rings is 1. The van der Waals surface area contributed by atoms with Crippen LogP contribution in [0.15, 0.2) is 91.0 Å². The van der Waals surface area contributed by atoms with Gasteiger partial charge < -0.3 is 24.3 Å². The molecule has 3 aromatic carbocycles. The van der Waals surface area contributed by atoms with Gasteiger partial charge in [-0.25, -0.2) is 0 Å². The third-order valence-electron chi connectivity index (χ3n) is 6.24. The number of hydrogen-bond acceptors (Lipinski definition) is 5. The molecule has 2 fully saturated rings. The number of benzene rings is 3. The van der Waals surface area contributed by atoms with Gasteiger partial charge in [0.25, 0.3) is 0 Å². The average Bonchev–Trinajstić information content (AvgIpc) is 2.88. The first-order valence-corrected chi connectivity index (χ1v) is 11.7. The lowest BCUT2D eigenvalue weighted by Gasteiger charge is -2.50. The Labute approximate surface area is 199 Å². The van der Waals surface area contributed by atoms with E-state index in [4.69, 9.17) is 18.9 Å². The van der Waals surface area contributed by atoms with Gasteiger partial charge in [0.15, 0.2) is 0 Å². The van der Waals surface area contributed by atoms with Crippen molar-refractivity contribution in [1.82, 2.24) is 5.32 Å². The van der Waals surface area contributed by atoms with Gasteiger partial charge in [0.2, 0.25) is 5.91 Å².